The molecule has 106 valence electrons. The van der Waals surface area contributed by atoms with Crippen LogP contribution < -0.4 is 5.73 Å². The Kier molecular flexibility index (Phi) is 3.89. The topological polar surface area (TPSA) is 63.4 Å². The minimum atomic E-state index is -4.14. The van der Waals surface area contributed by atoms with E-state index in [-0.39, 0.29) is 25.0 Å². The summed E-state index contributed by atoms with van der Waals surface area (Å²) in [6.07, 6.45) is 0.604. The van der Waals surface area contributed by atoms with E-state index in [4.69, 9.17) is 5.73 Å². The maximum absolute atomic E-state index is 13.6. The standard InChI is InChI=1S/C12H16F2N2O2S/c1-8(15)9-5-6-16(7-9)19(17,18)12-10(13)3-2-4-11(12)14/h2-4,8-9H,5-7,15H2,1H3. The van der Waals surface area contributed by atoms with Gasteiger partial charge in [0.15, 0.2) is 4.90 Å². The van der Waals surface area contributed by atoms with Crippen molar-refractivity contribution in [1.82, 2.24) is 4.31 Å². The molecule has 0 saturated carbocycles. The summed E-state index contributed by atoms with van der Waals surface area (Å²) in [5.74, 6) is -2.11. The van der Waals surface area contributed by atoms with Crippen LogP contribution in [-0.2, 0) is 10.0 Å². The average molecular weight is 290 g/mol. The van der Waals surface area contributed by atoms with E-state index in [2.05, 4.69) is 0 Å². The van der Waals surface area contributed by atoms with Crippen LogP contribution in [0.25, 0.3) is 0 Å². The zero-order valence-corrected chi connectivity index (χ0v) is 11.3. The summed E-state index contributed by atoms with van der Waals surface area (Å²) in [7, 11) is -4.14. The van der Waals surface area contributed by atoms with Crippen molar-refractivity contribution in [3.05, 3.63) is 29.8 Å². The molecule has 2 rings (SSSR count). The Labute approximate surface area is 111 Å². The predicted octanol–water partition coefficient (Wildman–Crippen LogP) is 1.32. The van der Waals surface area contributed by atoms with Crippen LogP contribution in [0.4, 0.5) is 8.78 Å². The number of nitrogens with two attached hydrogens (primary N) is 1. The van der Waals surface area contributed by atoms with Gasteiger partial charge in [-0.3, -0.25) is 0 Å². The zero-order valence-electron chi connectivity index (χ0n) is 10.5. The average Bonchev–Trinajstić information content (AvgIpc) is 2.78. The molecular weight excluding hydrogens is 274 g/mol. The molecule has 2 atom stereocenters. The van der Waals surface area contributed by atoms with Crippen molar-refractivity contribution in [2.75, 3.05) is 13.1 Å². The number of hydrogen-bond acceptors (Lipinski definition) is 3. The monoisotopic (exact) mass is 290 g/mol. The number of hydrogen-bond donors (Lipinski definition) is 1. The Morgan fingerprint density at radius 3 is 2.42 bits per heavy atom. The van der Waals surface area contributed by atoms with Gasteiger partial charge < -0.3 is 5.73 Å². The van der Waals surface area contributed by atoms with E-state index in [0.29, 0.717) is 6.42 Å². The van der Waals surface area contributed by atoms with Crippen LogP contribution in [0.15, 0.2) is 23.1 Å². The maximum atomic E-state index is 13.6. The molecule has 1 fully saturated rings. The van der Waals surface area contributed by atoms with Crippen molar-refractivity contribution in [1.29, 1.82) is 0 Å². The largest absolute Gasteiger partial charge is 0.328 e. The summed E-state index contributed by atoms with van der Waals surface area (Å²) in [4.78, 5) is -0.875. The van der Waals surface area contributed by atoms with Gasteiger partial charge in [-0.1, -0.05) is 6.07 Å². The molecule has 1 aliphatic heterocycles. The number of sulfonamides is 1. The fraction of sp³-hybridized carbons (Fsp3) is 0.500. The lowest BCUT2D eigenvalue weighted by Crippen LogP contribution is -2.33. The van der Waals surface area contributed by atoms with Crippen LogP contribution in [0, 0.1) is 17.6 Å². The van der Waals surface area contributed by atoms with Gasteiger partial charge in [-0.25, -0.2) is 17.2 Å². The lowest BCUT2D eigenvalue weighted by molar-refractivity contribution is 0.421. The molecule has 0 aliphatic carbocycles. The van der Waals surface area contributed by atoms with Gasteiger partial charge in [0.05, 0.1) is 0 Å². The Bertz CT molecular complexity index is 555. The smallest absolute Gasteiger partial charge is 0.248 e. The van der Waals surface area contributed by atoms with Gasteiger partial charge in [0.1, 0.15) is 11.6 Å². The van der Waals surface area contributed by atoms with Crippen molar-refractivity contribution >= 4 is 10.0 Å². The van der Waals surface area contributed by atoms with Gasteiger partial charge in [-0.15, -0.1) is 0 Å². The Balaban J connectivity index is 2.34. The molecule has 2 unspecified atom stereocenters. The molecule has 4 nitrogen and oxygen atoms in total. The van der Waals surface area contributed by atoms with E-state index in [9.17, 15) is 17.2 Å². The Morgan fingerprint density at radius 1 is 1.37 bits per heavy atom. The van der Waals surface area contributed by atoms with E-state index in [1.54, 1.807) is 6.92 Å². The quantitative estimate of drug-likeness (QED) is 0.913. The highest BCUT2D eigenvalue weighted by Crippen LogP contribution is 2.28. The van der Waals surface area contributed by atoms with Crippen molar-refractivity contribution in [3.8, 4) is 0 Å². The van der Waals surface area contributed by atoms with Crippen LogP contribution in [0.1, 0.15) is 13.3 Å². The summed E-state index contributed by atoms with van der Waals surface area (Å²) in [5, 5.41) is 0. The molecule has 0 spiro atoms. The molecule has 1 saturated heterocycles. The zero-order chi connectivity index (χ0) is 14.2. The van der Waals surface area contributed by atoms with Crippen LogP contribution in [0.3, 0.4) is 0 Å². The molecule has 2 N–H and O–H groups in total. The lowest BCUT2D eigenvalue weighted by atomic mass is 10.0. The molecule has 0 radical (unpaired) electrons. The van der Waals surface area contributed by atoms with Crippen LogP contribution in [0.2, 0.25) is 0 Å². The normalized spacial score (nSPS) is 22.6. The van der Waals surface area contributed by atoms with Gasteiger partial charge in [-0.05, 0) is 31.4 Å². The first kappa shape index (κ1) is 14.4. The summed E-state index contributed by atoms with van der Waals surface area (Å²) in [6.45, 7) is 2.24. The van der Waals surface area contributed by atoms with Crippen LogP contribution in [-0.4, -0.2) is 31.9 Å². The second-order valence-electron chi connectivity index (χ2n) is 4.82. The molecule has 19 heavy (non-hydrogen) atoms. The summed E-state index contributed by atoms with van der Waals surface area (Å²) in [5.41, 5.74) is 5.73. The fourth-order valence-corrected chi connectivity index (χ4v) is 3.88. The first-order valence-electron chi connectivity index (χ1n) is 6.03. The van der Waals surface area contributed by atoms with E-state index >= 15 is 0 Å². The van der Waals surface area contributed by atoms with Crippen molar-refractivity contribution < 1.29 is 17.2 Å². The van der Waals surface area contributed by atoms with Crippen molar-refractivity contribution in [2.45, 2.75) is 24.3 Å². The Morgan fingerprint density at radius 2 is 1.95 bits per heavy atom. The third-order valence-electron chi connectivity index (χ3n) is 3.45. The third-order valence-corrected chi connectivity index (χ3v) is 5.37. The van der Waals surface area contributed by atoms with Crippen molar-refractivity contribution in [3.63, 3.8) is 0 Å². The van der Waals surface area contributed by atoms with Crippen LogP contribution >= 0.6 is 0 Å². The molecule has 1 heterocycles. The molecule has 0 amide bonds. The number of nitrogens with zero attached hydrogens (tertiary/aromatic N) is 1. The van der Waals surface area contributed by atoms with Gasteiger partial charge in [0.2, 0.25) is 10.0 Å². The van der Waals surface area contributed by atoms with Gasteiger partial charge in [-0.2, -0.15) is 4.31 Å². The third kappa shape index (κ3) is 2.63. The Hall–Kier alpha value is -1.05. The van der Waals surface area contributed by atoms with E-state index in [1.165, 1.54) is 0 Å². The SMILES string of the molecule is CC(N)C1CCN(S(=O)(=O)c2c(F)cccc2F)C1. The molecule has 0 aromatic heterocycles. The van der Waals surface area contributed by atoms with Crippen molar-refractivity contribution in [2.24, 2.45) is 11.7 Å². The maximum Gasteiger partial charge on any atom is 0.248 e. The predicted molar refractivity (Wildman–Crippen MR) is 66.9 cm³/mol. The highest BCUT2D eigenvalue weighted by molar-refractivity contribution is 7.89. The first-order valence-corrected chi connectivity index (χ1v) is 7.48. The minimum Gasteiger partial charge on any atom is -0.328 e. The van der Waals surface area contributed by atoms with Gasteiger partial charge in [0.25, 0.3) is 0 Å². The van der Waals surface area contributed by atoms with E-state index < -0.39 is 26.6 Å². The molecule has 1 aromatic carbocycles. The fourth-order valence-electron chi connectivity index (χ4n) is 2.26. The van der Waals surface area contributed by atoms with E-state index in [1.807, 2.05) is 0 Å². The summed E-state index contributed by atoms with van der Waals surface area (Å²) < 4.78 is 52.8. The molecular formula is C12H16F2N2O2S. The molecule has 0 bridgehead atoms. The first-order chi connectivity index (χ1) is 8.84. The second kappa shape index (κ2) is 5.15. The van der Waals surface area contributed by atoms with Crippen LogP contribution in [0.5, 0.6) is 0 Å². The number of benzene rings is 1. The molecule has 7 heteroatoms. The van der Waals surface area contributed by atoms with Gasteiger partial charge >= 0.3 is 0 Å². The second-order valence-corrected chi connectivity index (χ2v) is 6.70. The number of rotatable bonds is 3. The highest BCUT2D eigenvalue weighted by Gasteiger charge is 2.36. The number of halogens is 2. The summed E-state index contributed by atoms with van der Waals surface area (Å²) >= 11 is 0. The van der Waals surface area contributed by atoms with Gasteiger partial charge in [0, 0.05) is 19.1 Å². The van der Waals surface area contributed by atoms with E-state index in [0.717, 1.165) is 22.5 Å². The molecule has 1 aromatic rings. The highest BCUT2D eigenvalue weighted by atomic mass is 32.2. The summed E-state index contributed by atoms with van der Waals surface area (Å²) in [6, 6.07) is 2.87. The lowest BCUT2D eigenvalue weighted by Gasteiger charge is -2.18. The molecule has 1 aliphatic rings. The minimum absolute atomic E-state index is 0.0182.